The third-order valence-electron chi connectivity index (χ3n) is 3.53. The predicted molar refractivity (Wildman–Crippen MR) is 109 cm³/mol. The van der Waals surface area contributed by atoms with Gasteiger partial charge in [0.1, 0.15) is 5.03 Å². The van der Waals surface area contributed by atoms with Gasteiger partial charge in [0.25, 0.3) is 10.0 Å². The zero-order valence-corrected chi connectivity index (χ0v) is 17.1. The lowest BCUT2D eigenvalue weighted by atomic mass is 10.3. The SMILES string of the molecule is CCOC(=O)CSc1nc2ccccc2nc1NS(=O)(=O)c1ccc(Cl)cc1. The summed E-state index contributed by atoms with van der Waals surface area (Å²) < 4.78 is 32.8. The van der Waals surface area contributed by atoms with E-state index in [1.807, 2.05) is 0 Å². The molecule has 0 spiro atoms. The third kappa shape index (κ3) is 4.92. The third-order valence-corrected chi connectivity index (χ3v) is 6.07. The summed E-state index contributed by atoms with van der Waals surface area (Å²) >= 11 is 6.88. The highest BCUT2D eigenvalue weighted by Gasteiger charge is 2.20. The van der Waals surface area contributed by atoms with Crippen LogP contribution in [0.25, 0.3) is 11.0 Å². The van der Waals surface area contributed by atoms with Crippen molar-refractivity contribution in [2.45, 2.75) is 16.8 Å². The summed E-state index contributed by atoms with van der Waals surface area (Å²) in [4.78, 5) is 20.5. The number of nitrogens with zero attached hydrogens (tertiary/aromatic N) is 2. The molecule has 0 saturated heterocycles. The Morgan fingerprint density at radius 2 is 1.75 bits per heavy atom. The van der Waals surface area contributed by atoms with Crippen molar-refractivity contribution >= 4 is 56.2 Å². The Balaban J connectivity index is 1.96. The topological polar surface area (TPSA) is 98.2 Å². The summed E-state index contributed by atoms with van der Waals surface area (Å²) in [7, 11) is -3.91. The zero-order chi connectivity index (χ0) is 20.1. The van der Waals surface area contributed by atoms with Crippen molar-refractivity contribution in [3.8, 4) is 0 Å². The van der Waals surface area contributed by atoms with E-state index in [1.165, 1.54) is 24.3 Å². The molecule has 10 heteroatoms. The highest BCUT2D eigenvalue weighted by Crippen LogP contribution is 2.28. The van der Waals surface area contributed by atoms with Crippen molar-refractivity contribution in [3.05, 3.63) is 53.6 Å². The van der Waals surface area contributed by atoms with Crippen LogP contribution in [0, 0.1) is 0 Å². The quantitative estimate of drug-likeness (QED) is 0.444. The summed E-state index contributed by atoms with van der Waals surface area (Å²) in [5, 5.41) is 0.708. The molecular formula is C18H16ClN3O4S2. The number of ether oxygens (including phenoxy) is 1. The molecule has 0 aliphatic heterocycles. The van der Waals surface area contributed by atoms with E-state index in [2.05, 4.69) is 14.7 Å². The number of benzene rings is 2. The number of carbonyl (C=O) groups is 1. The molecule has 0 fully saturated rings. The number of anilines is 1. The molecule has 2 aromatic carbocycles. The van der Waals surface area contributed by atoms with E-state index in [4.69, 9.17) is 16.3 Å². The molecule has 0 radical (unpaired) electrons. The summed E-state index contributed by atoms with van der Waals surface area (Å²) in [5.41, 5.74) is 1.11. The Bertz CT molecular complexity index is 1110. The molecular weight excluding hydrogens is 422 g/mol. The fraction of sp³-hybridized carbons (Fsp3) is 0.167. The lowest BCUT2D eigenvalue weighted by Crippen LogP contribution is -2.15. The predicted octanol–water partition coefficient (Wildman–Crippen LogP) is 3.74. The maximum absolute atomic E-state index is 12.7. The van der Waals surface area contributed by atoms with Gasteiger partial charge < -0.3 is 4.74 Å². The first kappa shape index (κ1) is 20.4. The molecule has 0 aliphatic rings. The van der Waals surface area contributed by atoms with Gasteiger partial charge in [-0.1, -0.05) is 35.5 Å². The van der Waals surface area contributed by atoms with Crippen molar-refractivity contribution in [1.29, 1.82) is 0 Å². The summed E-state index contributed by atoms with van der Waals surface area (Å²) in [6.45, 7) is 1.98. The molecule has 0 saturated carbocycles. The number of fused-ring (bicyclic) bond motifs is 1. The zero-order valence-electron chi connectivity index (χ0n) is 14.8. The summed E-state index contributed by atoms with van der Waals surface area (Å²) in [5.74, 6) is -0.395. The van der Waals surface area contributed by atoms with Gasteiger partial charge in [-0.15, -0.1) is 0 Å². The van der Waals surface area contributed by atoms with Crippen molar-refractivity contribution in [3.63, 3.8) is 0 Å². The van der Waals surface area contributed by atoms with E-state index in [1.54, 1.807) is 31.2 Å². The number of esters is 1. The molecule has 3 aromatic rings. The van der Waals surface area contributed by atoms with Crippen LogP contribution in [-0.4, -0.2) is 36.7 Å². The van der Waals surface area contributed by atoms with Crippen LogP contribution in [-0.2, 0) is 19.6 Å². The maximum Gasteiger partial charge on any atom is 0.316 e. The highest BCUT2D eigenvalue weighted by molar-refractivity contribution is 8.00. The number of sulfonamides is 1. The van der Waals surface area contributed by atoms with Crippen molar-refractivity contribution in [1.82, 2.24) is 9.97 Å². The number of carbonyl (C=O) groups excluding carboxylic acids is 1. The Morgan fingerprint density at radius 1 is 1.11 bits per heavy atom. The number of para-hydroxylation sites is 2. The Kier molecular flexibility index (Phi) is 6.38. The largest absolute Gasteiger partial charge is 0.465 e. The van der Waals surface area contributed by atoms with Gasteiger partial charge >= 0.3 is 5.97 Å². The first-order valence-corrected chi connectivity index (χ1v) is 11.1. The van der Waals surface area contributed by atoms with Gasteiger partial charge in [-0.05, 0) is 43.3 Å². The number of thioether (sulfide) groups is 1. The van der Waals surface area contributed by atoms with Crippen LogP contribution in [0.2, 0.25) is 5.02 Å². The number of hydrogen-bond donors (Lipinski definition) is 1. The molecule has 0 bridgehead atoms. The Labute approximate surface area is 171 Å². The molecule has 7 nitrogen and oxygen atoms in total. The smallest absolute Gasteiger partial charge is 0.316 e. The average molecular weight is 438 g/mol. The molecule has 0 atom stereocenters. The first-order chi connectivity index (χ1) is 13.4. The fourth-order valence-electron chi connectivity index (χ4n) is 2.28. The second-order valence-electron chi connectivity index (χ2n) is 5.52. The van der Waals surface area contributed by atoms with Crippen LogP contribution in [0.5, 0.6) is 0 Å². The lowest BCUT2D eigenvalue weighted by Gasteiger charge is -2.12. The Hall–Kier alpha value is -2.36. The highest BCUT2D eigenvalue weighted by atomic mass is 35.5. The van der Waals surface area contributed by atoms with Gasteiger partial charge in [0.05, 0.1) is 28.3 Å². The minimum Gasteiger partial charge on any atom is -0.465 e. The van der Waals surface area contributed by atoms with Gasteiger partial charge in [0, 0.05) is 5.02 Å². The lowest BCUT2D eigenvalue weighted by molar-refractivity contribution is -0.139. The minimum atomic E-state index is -3.91. The van der Waals surface area contributed by atoms with Crippen molar-refractivity contribution in [2.24, 2.45) is 0 Å². The van der Waals surface area contributed by atoms with E-state index in [-0.39, 0.29) is 28.1 Å². The van der Waals surface area contributed by atoms with Crippen LogP contribution < -0.4 is 4.72 Å². The van der Waals surface area contributed by atoms with Crippen molar-refractivity contribution in [2.75, 3.05) is 17.1 Å². The van der Waals surface area contributed by atoms with Crippen LogP contribution >= 0.6 is 23.4 Å². The molecule has 1 heterocycles. The number of rotatable bonds is 7. The molecule has 3 rings (SSSR count). The summed E-state index contributed by atoms with van der Waals surface area (Å²) in [6.07, 6.45) is 0. The van der Waals surface area contributed by atoms with E-state index in [9.17, 15) is 13.2 Å². The molecule has 1 aromatic heterocycles. The maximum atomic E-state index is 12.7. The second kappa shape index (κ2) is 8.76. The average Bonchev–Trinajstić information content (AvgIpc) is 2.66. The normalized spacial score (nSPS) is 11.4. The van der Waals surface area contributed by atoms with Crippen LogP contribution in [0.15, 0.2) is 58.5 Å². The second-order valence-corrected chi connectivity index (χ2v) is 8.60. The van der Waals surface area contributed by atoms with Gasteiger partial charge in [-0.3, -0.25) is 9.52 Å². The van der Waals surface area contributed by atoms with E-state index in [0.717, 1.165) is 11.8 Å². The van der Waals surface area contributed by atoms with E-state index in [0.29, 0.717) is 16.1 Å². The fourth-order valence-corrected chi connectivity index (χ4v) is 4.21. The molecule has 28 heavy (non-hydrogen) atoms. The molecule has 146 valence electrons. The number of nitrogens with one attached hydrogen (secondary N) is 1. The van der Waals surface area contributed by atoms with Crippen LogP contribution in [0.1, 0.15) is 6.92 Å². The first-order valence-electron chi connectivity index (χ1n) is 8.22. The van der Waals surface area contributed by atoms with Gasteiger partial charge in [0.2, 0.25) is 0 Å². The monoisotopic (exact) mass is 437 g/mol. The molecule has 0 unspecified atom stereocenters. The number of hydrogen-bond acceptors (Lipinski definition) is 7. The van der Waals surface area contributed by atoms with Crippen LogP contribution in [0.4, 0.5) is 5.82 Å². The number of aromatic nitrogens is 2. The Morgan fingerprint density at radius 3 is 2.39 bits per heavy atom. The van der Waals surface area contributed by atoms with Crippen molar-refractivity contribution < 1.29 is 17.9 Å². The van der Waals surface area contributed by atoms with Gasteiger partial charge in [0.15, 0.2) is 5.82 Å². The summed E-state index contributed by atoms with van der Waals surface area (Å²) in [6, 6.07) is 12.8. The van der Waals surface area contributed by atoms with Gasteiger partial charge in [-0.2, -0.15) is 0 Å². The minimum absolute atomic E-state index is 0.0173. The molecule has 1 N–H and O–H groups in total. The van der Waals surface area contributed by atoms with E-state index >= 15 is 0 Å². The standard InChI is InChI=1S/C18H16ClN3O4S2/c1-2-26-16(23)11-27-18-17(20-14-5-3-4-6-15(14)21-18)22-28(24,25)13-9-7-12(19)8-10-13/h3-10H,2,11H2,1H3,(H,20,22). The van der Waals surface area contributed by atoms with Gasteiger partial charge in [-0.25, -0.2) is 18.4 Å². The molecule has 0 amide bonds. The molecule has 0 aliphatic carbocycles. The van der Waals surface area contributed by atoms with E-state index < -0.39 is 16.0 Å². The van der Waals surface area contributed by atoms with Crippen LogP contribution in [0.3, 0.4) is 0 Å². The number of halogens is 1.